The summed E-state index contributed by atoms with van der Waals surface area (Å²) in [6, 6.07) is 1.98. The predicted octanol–water partition coefficient (Wildman–Crippen LogP) is 1.57. The van der Waals surface area contributed by atoms with E-state index in [1.165, 1.54) is 11.3 Å². The molecule has 2 aliphatic rings. The van der Waals surface area contributed by atoms with Crippen LogP contribution in [0.5, 0.6) is 0 Å². The first-order chi connectivity index (χ1) is 10.3. The third-order valence-electron chi connectivity index (χ3n) is 4.63. The lowest BCUT2D eigenvalue weighted by Gasteiger charge is -2.32. The molecule has 1 aromatic rings. The van der Waals surface area contributed by atoms with Crippen molar-refractivity contribution in [2.24, 2.45) is 0 Å². The highest BCUT2D eigenvalue weighted by molar-refractivity contribution is 7.13. The molecule has 3 heterocycles. The zero-order chi connectivity index (χ0) is 16.0. The number of hydrogen-bond acceptors (Lipinski definition) is 5. The molecule has 0 aromatic carbocycles. The molecule has 0 bridgehead atoms. The third kappa shape index (κ3) is 2.95. The first-order valence-corrected chi connectivity index (χ1v) is 8.49. The number of rotatable bonds is 3. The van der Waals surface area contributed by atoms with Gasteiger partial charge in [-0.2, -0.15) is 0 Å². The standard InChI is InChI=1S/C15H22BNO4S/c1-14(2)15(3,4)21-16(20-14)10-7-12(22-9-10)13(18)17-11-5-6-19-8-11/h7,9,11H,5-6,8H2,1-4H3,(H,17,18). The van der Waals surface area contributed by atoms with Gasteiger partial charge in [-0.05, 0) is 51.0 Å². The van der Waals surface area contributed by atoms with Gasteiger partial charge >= 0.3 is 7.12 Å². The Balaban J connectivity index is 1.68. The summed E-state index contributed by atoms with van der Waals surface area (Å²) >= 11 is 1.42. The minimum absolute atomic E-state index is 0.0525. The Bertz CT molecular complexity index is 550. The molecule has 7 heteroatoms. The highest BCUT2D eigenvalue weighted by Crippen LogP contribution is 2.36. The minimum Gasteiger partial charge on any atom is -0.399 e. The van der Waals surface area contributed by atoms with E-state index in [2.05, 4.69) is 5.32 Å². The Morgan fingerprint density at radius 2 is 2.00 bits per heavy atom. The second-order valence-corrected chi connectivity index (χ2v) is 7.78. The summed E-state index contributed by atoms with van der Waals surface area (Å²) in [5.41, 5.74) is 0.156. The molecule has 120 valence electrons. The van der Waals surface area contributed by atoms with E-state index in [4.69, 9.17) is 14.0 Å². The maximum absolute atomic E-state index is 12.2. The molecule has 1 aromatic heterocycles. The second kappa shape index (κ2) is 5.63. The summed E-state index contributed by atoms with van der Waals surface area (Å²) in [5.74, 6) is -0.0525. The van der Waals surface area contributed by atoms with Crippen molar-refractivity contribution >= 4 is 29.8 Å². The summed E-state index contributed by atoms with van der Waals surface area (Å²) < 4.78 is 17.3. The fraction of sp³-hybridized carbons (Fsp3) is 0.667. The van der Waals surface area contributed by atoms with Crippen molar-refractivity contribution in [3.63, 3.8) is 0 Å². The number of thiophene rings is 1. The number of carbonyl (C=O) groups is 1. The second-order valence-electron chi connectivity index (χ2n) is 6.87. The summed E-state index contributed by atoms with van der Waals surface area (Å²) in [7, 11) is -0.419. The van der Waals surface area contributed by atoms with Crippen LogP contribution >= 0.6 is 11.3 Å². The molecule has 1 amide bonds. The monoisotopic (exact) mass is 323 g/mol. The molecule has 0 radical (unpaired) electrons. The maximum Gasteiger partial charge on any atom is 0.495 e. The van der Waals surface area contributed by atoms with Crippen molar-refractivity contribution in [1.29, 1.82) is 0 Å². The molecular weight excluding hydrogens is 301 g/mol. The highest BCUT2D eigenvalue weighted by Gasteiger charge is 2.52. The largest absolute Gasteiger partial charge is 0.495 e. The van der Waals surface area contributed by atoms with Crippen LogP contribution in [-0.4, -0.2) is 43.5 Å². The van der Waals surface area contributed by atoms with Crippen molar-refractivity contribution in [3.8, 4) is 0 Å². The molecule has 2 aliphatic heterocycles. The van der Waals surface area contributed by atoms with Gasteiger partial charge in [0.05, 0.1) is 28.7 Å². The molecule has 3 rings (SSSR count). The Labute approximate surface area is 135 Å². The fourth-order valence-electron chi connectivity index (χ4n) is 2.48. The van der Waals surface area contributed by atoms with E-state index in [9.17, 15) is 4.79 Å². The molecule has 1 N–H and O–H groups in total. The first kappa shape index (κ1) is 16.0. The van der Waals surface area contributed by atoms with Gasteiger partial charge < -0.3 is 19.4 Å². The molecule has 1 atom stereocenters. The van der Waals surface area contributed by atoms with Gasteiger partial charge in [0, 0.05) is 6.61 Å². The van der Waals surface area contributed by atoms with Crippen LogP contribution in [0.25, 0.3) is 0 Å². The third-order valence-corrected chi connectivity index (χ3v) is 5.58. The van der Waals surface area contributed by atoms with Crippen LogP contribution in [0, 0.1) is 0 Å². The molecule has 0 saturated carbocycles. The van der Waals surface area contributed by atoms with Gasteiger partial charge in [0.25, 0.3) is 5.91 Å². The van der Waals surface area contributed by atoms with Gasteiger partial charge in [-0.25, -0.2) is 0 Å². The molecule has 0 aliphatic carbocycles. The van der Waals surface area contributed by atoms with Gasteiger partial charge in [-0.1, -0.05) is 0 Å². The number of nitrogens with one attached hydrogen (secondary N) is 1. The number of ether oxygens (including phenoxy) is 1. The van der Waals surface area contributed by atoms with Gasteiger partial charge in [-0.15, -0.1) is 11.3 Å². The Hall–Kier alpha value is -0.885. The molecule has 22 heavy (non-hydrogen) atoms. The number of carbonyl (C=O) groups excluding carboxylic acids is 1. The van der Waals surface area contributed by atoms with E-state index >= 15 is 0 Å². The SMILES string of the molecule is CC1(C)OB(c2csc(C(=O)NC3CCOC3)c2)OC1(C)C. The minimum atomic E-state index is -0.419. The highest BCUT2D eigenvalue weighted by atomic mass is 32.1. The molecular formula is C15H22BNO4S. The van der Waals surface area contributed by atoms with E-state index in [-0.39, 0.29) is 23.2 Å². The van der Waals surface area contributed by atoms with Crippen molar-refractivity contribution in [2.45, 2.75) is 51.4 Å². The van der Waals surface area contributed by atoms with Crippen LogP contribution in [0.2, 0.25) is 0 Å². The van der Waals surface area contributed by atoms with Crippen LogP contribution in [-0.2, 0) is 14.0 Å². The van der Waals surface area contributed by atoms with Crippen molar-refractivity contribution in [2.75, 3.05) is 13.2 Å². The van der Waals surface area contributed by atoms with Crippen LogP contribution in [0.15, 0.2) is 11.4 Å². The Morgan fingerprint density at radius 1 is 1.32 bits per heavy atom. The van der Waals surface area contributed by atoms with E-state index in [0.717, 1.165) is 11.9 Å². The van der Waals surface area contributed by atoms with Crippen molar-refractivity contribution < 1.29 is 18.8 Å². The average molecular weight is 323 g/mol. The van der Waals surface area contributed by atoms with E-state index in [1.807, 2.05) is 39.1 Å². The van der Waals surface area contributed by atoms with Gasteiger partial charge in [0.2, 0.25) is 0 Å². The summed E-state index contributed by atoms with van der Waals surface area (Å²) in [6.45, 7) is 9.40. The number of amides is 1. The van der Waals surface area contributed by atoms with E-state index in [1.54, 1.807) is 0 Å². The molecule has 5 nitrogen and oxygen atoms in total. The Kier molecular flexibility index (Phi) is 4.10. The van der Waals surface area contributed by atoms with E-state index < -0.39 is 7.12 Å². The van der Waals surface area contributed by atoms with E-state index in [0.29, 0.717) is 18.1 Å². The molecule has 1 unspecified atom stereocenters. The zero-order valence-electron chi connectivity index (χ0n) is 13.5. The lowest BCUT2D eigenvalue weighted by molar-refractivity contribution is 0.00578. The van der Waals surface area contributed by atoms with Gasteiger partial charge in [0.15, 0.2) is 0 Å². The van der Waals surface area contributed by atoms with Crippen LogP contribution < -0.4 is 10.8 Å². The summed E-state index contributed by atoms with van der Waals surface area (Å²) in [5, 5.41) is 4.93. The Morgan fingerprint density at radius 3 is 2.59 bits per heavy atom. The van der Waals surface area contributed by atoms with Crippen LogP contribution in [0.4, 0.5) is 0 Å². The molecule has 2 fully saturated rings. The lowest BCUT2D eigenvalue weighted by atomic mass is 9.81. The van der Waals surface area contributed by atoms with Crippen molar-refractivity contribution in [1.82, 2.24) is 5.32 Å². The van der Waals surface area contributed by atoms with Crippen LogP contribution in [0.1, 0.15) is 43.8 Å². The maximum atomic E-state index is 12.2. The molecule has 2 saturated heterocycles. The van der Waals surface area contributed by atoms with Crippen LogP contribution in [0.3, 0.4) is 0 Å². The normalized spacial score (nSPS) is 26.4. The molecule has 0 spiro atoms. The topological polar surface area (TPSA) is 56.8 Å². The zero-order valence-corrected chi connectivity index (χ0v) is 14.3. The van der Waals surface area contributed by atoms with Gasteiger partial charge in [-0.3, -0.25) is 4.79 Å². The van der Waals surface area contributed by atoms with Gasteiger partial charge in [0.1, 0.15) is 0 Å². The predicted molar refractivity (Wildman–Crippen MR) is 86.7 cm³/mol. The lowest BCUT2D eigenvalue weighted by Crippen LogP contribution is -2.41. The average Bonchev–Trinajstić information content (AvgIpc) is 3.10. The quantitative estimate of drug-likeness (QED) is 0.858. The first-order valence-electron chi connectivity index (χ1n) is 7.61. The van der Waals surface area contributed by atoms with Crippen molar-refractivity contribution in [3.05, 3.63) is 16.3 Å². The number of hydrogen-bond donors (Lipinski definition) is 1. The summed E-state index contributed by atoms with van der Waals surface area (Å²) in [4.78, 5) is 12.9. The fourth-order valence-corrected chi connectivity index (χ4v) is 3.29. The summed E-state index contributed by atoms with van der Waals surface area (Å²) in [6.07, 6.45) is 0.876. The smallest absolute Gasteiger partial charge is 0.399 e.